The first-order valence-corrected chi connectivity index (χ1v) is 9.94. The zero-order chi connectivity index (χ0) is 20.1. The Bertz CT molecular complexity index is 898. The summed E-state index contributed by atoms with van der Waals surface area (Å²) >= 11 is 0. The molecule has 2 heterocycles. The molecule has 0 aliphatic carbocycles. The van der Waals surface area contributed by atoms with Gasteiger partial charge in [-0.15, -0.1) is 5.10 Å². The molecule has 28 heavy (non-hydrogen) atoms. The number of nitrogens with one attached hydrogen (secondary N) is 1. The minimum Gasteiger partial charge on any atom is -0.352 e. The standard InChI is InChI=1S/C20H27N5O3/c1-3-14(4-2)19(27)24-11-9-15(10-12-24)21-18(26)13-25-20(28)16-7-5-6-8-17(16)22-23-25/h5-8,14-15H,3-4,9-13H2,1-2H3,(H,21,26). The molecule has 2 aromatic rings. The van der Waals surface area contributed by atoms with Gasteiger partial charge in [0.15, 0.2) is 0 Å². The number of carbonyl (C=O) groups excluding carboxylic acids is 2. The van der Waals surface area contributed by atoms with Crippen molar-refractivity contribution in [3.8, 4) is 0 Å². The fourth-order valence-corrected chi connectivity index (χ4v) is 3.68. The third-order valence-electron chi connectivity index (χ3n) is 5.43. The molecule has 0 atom stereocenters. The lowest BCUT2D eigenvalue weighted by molar-refractivity contribution is -0.137. The fraction of sp³-hybridized carbons (Fsp3) is 0.550. The van der Waals surface area contributed by atoms with E-state index in [2.05, 4.69) is 15.6 Å². The van der Waals surface area contributed by atoms with E-state index in [9.17, 15) is 14.4 Å². The summed E-state index contributed by atoms with van der Waals surface area (Å²) in [4.78, 5) is 39.2. The molecule has 8 heteroatoms. The number of benzene rings is 1. The average molecular weight is 385 g/mol. The minimum absolute atomic E-state index is 0.00220. The lowest BCUT2D eigenvalue weighted by Gasteiger charge is -2.34. The van der Waals surface area contributed by atoms with Crippen LogP contribution in [0.3, 0.4) is 0 Å². The summed E-state index contributed by atoms with van der Waals surface area (Å²) in [6, 6.07) is 6.93. The molecule has 1 fully saturated rings. The fourth-order valence-electron chi connectivity index (χ4n) is 3.68. The summed E-state index contributed by atoms with van der Waals surface area (Å²) in [5, 5.41) is 11.2. The lowest BCUT2D eigenvalue weighted by atomic mass is 9.98. The topological polar surface area (TPSA) is 97.2 Å². The molecule has 0 spiro atoms. The van der Waals surface area contributed by atoms with Crippen molar-refractivity contribution in [3.63, 3.8) is 0 Å². The van der Waals surface area contributed by atoms with Crippen LogP contribution in [0.1, 0.15) is 39.5 Å². The van der Waals surface area contributed by atoms with Crippen molar-refractivity contribution < 1.29 is 9.59 Å². The highest BCUT2D eigenvalue weighted by Gasteiger charge is 2.27. The van der Waals surface area contributed by atoms with Crippen LogP contribution in [0.2, 0.25) is 0 Å². The van der Waals surface area contributed by atoms with Crippen LogP contribution < -0.4 is 10.9 Å². The average Bonchev–Trinajstić information content (AvgIpc) is 2.71. The van der Waals surface area contributed by atoms with Gasteiger partial charge in [-0.3, -0.25) is 14.4 Å². The van der Waals surface area contributed by atoms with Crippen LogP contribution in [0.4, 0.5) is 0 Å². The number of piperidine rings is 1. The van der Waals surface area contributed by atoms with E-state index in [0.717, 1.165) is 30.4 Å². The Kier molecular flexibility index (Phi) is 6.38. The van der Waals surface area contributed by atoms with Crippen LogP contribution in [0, 0.1) is 5.92 Å². The van der Waals surface area contributed by atoms with E-state index in [4.69, 9.17) is 0 Å². The Labute approximate surface area is 163 Å². The highest BCUT2D eigenvalue weighted by Crippen LogP contribution is 2.17. The van der Waals surface area contributed by atoms with Crippen LogP contribution in [0.5, 0.6) is 0 Å². The predicted molar refractivity (Wildman–Crippen MR) is 106 cm³/mol. The summed E-state index contributed by atoms with van der Waals surface area (Å²) in [5.41, 5.74) is 0.185. The van der Waals surface area contributed by atoms with E-state index in [1.807, 2.05) is 18.7 Å². The molecule has 2 amide bonds. The van der Waals surface area contributed by atoms with E-state index < -0.39 is 0 Å². The molecule has 0 bridgehead atoms. The molecule has 1 aliphatic rings. The molecule has 0 unspecified atom stereocenters. The quantitative estimate of drug-likeness (QED) is 0.809. The van der Waals surface area contributed by atoms with Crippen LogP contribution in [0.25, 0.3) is 10.9 Å². The summed E-state index contributed by atoms with van der Waals surface area (Å²) in [5.74, 6) is 0.0358. The number of hydrogen-bond acceptors (Lipinski definition) is 5. The van der Waals surface area contributed by atoms with Crippen LogP contribution in [-0.2, 0) is 16.1 Å². The first kappa shape index (κ1) is 20.0. The van der Waals surface area contributed by atoms with Crippen LogP contribution >= 0.6 is 0 Å². The van der Waals surface area contributed by atoms with Crippen LogP contribution in [-0.4, -0.2) is 50.8 Å². The van der Waals surface area contributed by atoms with Crippen LogP contribution in [0.15, 0.2) is 29.1 Å². The number of rotatable bonds is 6. The van der Waals surface area contributed by atoms with Gasteiger partial charge in [0, 0.05) is 25.0 Å². The van der Waals surface area contributed by atoms with Gasteiger partial charge in [0.1, 0.15) is 12.1 Å². The van der Waals surface area contributed by atoms with Crippen molar-refractivity contribution in [1.82, 2.24) is 25.2 Å². The Hall–Kier alpha value is -2.77. The lowest BCUT2D eigenvalue weighted by Crippen LogP contribution is -2.49. The first-order valence-electron chi connectivity index (χ1n) is 9.94. The maximum Gasteiger partial charge on any atom is 0.278 e. The van der Waals surface area contributed by atoms with Crippen molar-refractivity contribution in [2.75, 3.05) is 13.1 Å². The zero-order valence-corrected chi connectivity index (χ0v) is 16.4. The van der Waals surface area contributed by atoms with Gasteiger partial charge in [-0.05, 0) is 37.8 Å². The third kappa shape index (κ3) is 4.37. The van der Waals surface area contributed by atoms with Crippen molar-refractivity contribution in [2.45, 2.75) is 52.1 Å². The second-order valence-electron chi connectivity index (χ2n) is 7.25. The molecule has 1 aromatic carbocycles. The predicted octanol–water partition coefficient (Wildman–Crippen LogP) is 1.33. The molecule has 1 aliphatic heterocycles. The Morgan fingerprint density at radius 2 is 1.86 bits per heavy atom. The maximum atomic E-state index is 12.5. The van der Waals surface area contributed by atoms with E-state index in [-0.39, 0.29) is 35.9 Å². The van der Waals surface area contributed by atoms with E-state index in [0.29, 0.717) is 24.0 Å². The normalized spacial score (nSPS) is 15.2. The SMILES string of the molecule is CCC(CC)C(=O)N1CCC(NC(=O)Cn2nnc3ccccc3c2=O)CC1. The molecule has 3 rings (SSSR count). The van der Waals surface area contributed by atoms with Gasteiger partial charge in [-0.25, -0.2) is 4.68 Å². The maximum absolute atomic E-state index is 12.5. The van der Waals surface area contributed by atoms with Crippen molar-refractivity contribution in [3.05, 3.63) is 34.6 Å². The Balaban J connectivity index is 1.55. The van der Waals surface area contributed by atoms with Gasteiger partial charge in [0.05, 0.1) is 5.39 Å². The van der Waals surface area contributed by atoms with Gasteiger partial charge >= 0.3 is 0 Å². The molecular weight excluding hydrogens is 358 g/mol. The summed E-state index contributed by atoms with van der Waals surface area (Å²) < 4.78 is 1.09. The summed E-state index contributed by atoms with van der Waals surface area (Å²) in [6.07, 6.45) is 3.15. The van der Waals surface area contributed by atoms with E-state index in [1.54, 1.807) is 24.3 Å². The number of hydrogen-bond donors (Lipinski definition) is 1. The van der Waals surface area contributed by atoms with Gasteiger partial charge in [-0.2, -0.15) is 0 Å². The number of likely N-dealkylation sites (tertiary alicyclic amines) is 1. The van der Waals surface area contributed by atoms with Crippen molar-refractivity contribution in [2.24, 2.45) is 5.92 Å². The van der Waals surface area contributed by atoms with E-state index in [1.165, 1.54) is 0 Å². The monoisotopic (exact) mass is 385 g/mol. The van der Waals surface area contributed by atoms with Crippen molar-refractivity contribution >= 4 is 22.7 Å². The second-order valence-corrected chi connectivity index (χ2v) is 7.25. The van der Waals surface area contributed by atoms with Gasteiger partial charge in [0.25, 0.3) is 5.56 Å². The van der Waals surface area contributed by atoms with Gasteiger partial charge in [-0.1, -0.05) is 31.2 Å². The highest BCUT2D eigenvalue weighted by atomic mass is 16.2. The molecule has 1 aromatic heterocycles. The highest BCUT2D eigenvalue weighted by molar-refractivity contribution is 5.79. The van der Waals surface area contributed by atoms with Gasteiger partial charge in [0.2, 0.25) is 11.8 Å². The number of amides is 2. The Morgan fingerprint density at radius 3 is 2.54 bits per heavy atom. The molecule has 150 valence electrons. The first-order chi connectivity index (χ1) is 13.5. The third-order valence-corrected chi connectivity index (χ3v) is 5.43. The Morgan fingerprint density at radius 1 is 1.18 bits per heavy atom. The molecule has 1 N–H and O–H groups in total. The molecule has 0 radical (unpaired) electrons. The summed E-state index contributed by atoms with van der Waals surface area (Å²) in [7, 11) is 0. The second kappa shape index (κ2) is 8.95. The molecule has 1 saturated heterocycles. The zero-order valence-electron chi connectivity index (χ0n) is 16.4. The summed E-state index contributed by atoms with van der Waals surface area (Å²) in [6.45, 7) is 5.21. The number of aromatic nitrogens is 3. The van der Waals surface area contributed by atoms with Crippen molar-refractivity contribution in [1.29, 1.82) is 0 Å². The molecular formula is C20H27N5O3. The minimum atomic E-state index is -0.327. The molecule has 0 saturated carbocycles. The number of carbonyl (C=O) groups is 2. The number of fused-ring (bicyclic) bond motifs is 1. The number of nitrogens with zero attached hydrogens (tertiary/aromatic N) is 4. The van der Waals surface area contributed by atoms with E-state index >= 15 is 0 Å². The van der Waals surface area contributed by atoms with Gasteiger partial charge < -0.3 is 10.2 Å². The largest absolute Gasteiger partial charge is 0.352 e. The molecule has 8 nitrogen and oxygen atoms in total. The smallest absolute Gasteiger partial charge is 0.278 e.